The lowest BCUT2D eigenvalue weighted by Crippen LogP contribution is -2.46. The van der Waals surface area contributed by atoms with Crippen molar-refractivity contribution in [1.82, 2.24) is 0 Å². The van der Waals surface area contributed by atoms with Crippen LogP contribution in [0.2, 0.25) is 36.3 Å². The molecular formula is C29H58O5Si2. The highest BCUT2D eigenvalue weighted by molar-refractivity contribution is 6.74. The largest absolute Gasteiger partial charge is 0.469 e. The number of carbonyl (C=O) groups excluding carboxylic acids is 2. The highest BCUT2D eigenvalue weighted by atomic mass is 28.4. The van der Waals surface area contributed by atoms with Crippen LogP contribution >= 0.6 is 0 Å². The van der Waals surface area contributed by atoms with Gasteiger partial charge in [0.15, 0.2) is 16.6 Å². The van der Waals surface area contributed by atoms with Gasteiger partial charge < -0.3 is 18.4 Å². The number of ether oxygens (including phenoxy) is 1. The average Bonchev–Trinajstić information content (AvgIpc) is 3.05. The molecule has 0 aliphatic heterocycles. The van der Waals surface area contributed by atoms with Gasteiger partial charge >= 0.3 is 5.97 Å². The van der Waals surface area contributed by atoms with Crippen molar-refractivity contribution in [2.45, 2.75) is 148 Å². The van der Waals surface area contributed by atoms with Crippen LogP contribution in [0.5, 0.6) is 0 Å². The Bertz CT molecular complexity index is 693. The number of aldehydes is 1. The Morgan fingerprint density at radius 1 is 0.917 bits per heavy atom. The lowest BCUT2D eigenvalue weighted by molar-refractivity contribution is -0.140. The molecule has 0 aromatic heterocycles. The summed E-state index contributed by atoms with van der Waals surface area (Å²) >= 11 is 0. The molecule has 0 aromatic rings. The number of esters is 1. The topological polar surface area (TPSA) is 61.8 Å². The molecule has 1 aliphatic rings. The van der Waals surface area contributed by atoms with Crippen molar-refractivity contribution in [3.63, 3.8) is 0 Å². The number of methoxy groups -OCH3 is 1. The first-order chi connectivity index (χ1) is 16.4. The smallest absolute Gasteiger partial charge is 0.305 e. The van der Waals surface area contributed by atoms with Gasteiger partial charge in [0.25, 0.3) is 0 Å². The van der Waals surface area contributed by atoms with Crippen LogP contribution in [-0.2, 0) is 23.2 Å². The maximum atomic E-state index is 11.5. The van der Waals surface area contributed by atoms with Crippen molar-refractivity contribution in [3.05, 3.63) is 0 Å². The molecular weight excluding hydrogens is 484 g/mol. The molecule has 36 heavy (non-hydrogen) atoms. The van der Waals surface area contributed by atoms with Crippen molar-refractivity contribution < 1.29 is 23.2 Å². The van der Waals surface area contributed by atoms with Crippen LogP contribution in [-0.4, -0.2) is 48.2 Å². The summed E-state index contributed by atoms with van der Waals surface area (Å²) in [6.45, 7) is 25.6. The Morgan fingerprint density at radius 2 is 1.44 bits per heavy atom. The molecule has 1 aliphatic carbocycles. The predicted octanol–water partition coefficient (Wildman–Crippen LogP) is 8.14. The fourth-order valence-electron chi connectivity index (χ4n) is 5.09. The van der Waals surface area contributed by atoms with Crippen LogP contribution in [0.25, 0.3) is 0 Å². The normalized spacial score (nSPS) is 24.6. The van der Waals surface area contributed by atoms with E-state index in [1.165, 1.54) is 7.11 Å². The van der Waals surface area contributed by atoms with Gasteiger partial charge in [-0.2, -0.15) is 0 Å². The van der Waals surface area contributed by atoms with E-state index < -0.39 is 16.6 Å². The van der Waals surface area contributed by atoms with Crippen LogP contribution in [0.3, 0.4) is 0 Å². The quantitative estimate of drug-likeness (QED) is 0.0959. The third kappa shape index (κ3) is 9.35. The summed E-state index contributed by atoms with van der Waals surface area (Å²) in [5.74, 6) is 1.07. The van der Waals surface area contributed by atoms with E-state index >= 15 is 0 Å². The van der Waals surface area contributed by atoms with Crippen molar-refractivity contribution in [3.8, 4) is 0 Å². The van der Waals surface area contributed by atoms with Gasteiger partial charge in [-0.05, 0) is 73.3 Å². The summed E-state index contributed by atoms with van der Waals surface area (Å²) in [5, 5.41) is 0.284. The van der Waals surface area contributed by atoms with Crippen LogP contribution < -0.4 is 0 Å². The average molecular weight is 543 g/mol. The minimum atomic E-state index is -1.97. The van der Waals surface area contributed by atoms with E-state index in [-0.39, 0.29) is 28.3 Å². The second kappa shape index (κ2) is 13.5. The molecule has 7 heteroatoms. The van der Waals surface area contributed by atoms with Crippen LogP contribution in [0, 0.1) is 17.8 Å². The molecule has 5 nitrogen and oxygen atoms in total. The monoisotopic (exact) mass is 542 g/mol. The molecule has 5 atom stereocenters. The lowest BCUT2D eigenvalue weighted by Gasteiger charge is -2.41. The zero-order valence-electron chi connectivity index (χ0n) is 25.7. The molecule has 1 rings (SSSR count). The molecule has 1 fully saturated rings. The first-order valence-electron chi connectivity index (χ1n) is 14.2. The van der Waals surface area contributed by atoms with Crippen molar-refractivity contribution >= 4 is 28.9 Å². The third-order valence-corrected chi connectivity index (χ3v) is 18.4. The standard InChI is InChI=1S/C29H58O5Si2/c1-22(17-14-13-15-19-26(31)32-8)27-23(18-16-20-30)24(33-35(9,10)28(2,3)4)21-25(27)34-36(11,12)29(5,6)7/h20,22-25,27H,13-19,21H2,1-12H3. The van der Waals surface area contributed by atoms with E-state index in [0.717, 1.165) is 44.8 Å². The summed E-state index contributed by atoms with van der Waals surface area (Å²) in [6.07, 6.45) is 8.37. The minimum absolute atomic E-state index is 0.124. The van der Waals surface area contributed by atoms with Gasteiger partial charge in [0.2, 0.25) is 0 Å². The van der Waals surface area contributed by atoms with E-state index in [4.69, 9.17) is 13.6 Å². The summed E-state index contributed by atoms with van der Waals surface area (Å²) in [6, 6.07) is 0. The van der Waals surface area contributed by atoms with Gasteiger partial charge in [-0.15, -0.1) is 0 Å². The zero-order chi connectivity index (χ0) is 27.9. The van der Waals surface area contributed by atoms with Crippen LogP contribution in [0.4, 0.5) is 0 Å². The number of carbonyl (C=O) groups is 2. The van der Waals surface area contributed by atoms with E-state index in [0.29, 0.717) is 30.6 Å². The van der Waals surface area contributed by atoms with E-state index in [1.807, 2.05) is 0 Å². The Hall–Kier alpha value is -0.506. The lowest BCUT2D eigenvalue weighted by atomic mass is 9.78. The molecule has 0 spiro atoms. The highest BCUT2D eigenvalue weighted by Gasteiger charge is 2.52. The SMILES string of the molecule is COC(=O)CCCCCC(C)C1C(O[Si](C)(C)C(C)(C)C)CC(O[Si](C)(C)C(C)(C)C)C1CCC=O. The van der Waals surface area contributed by atoms with Gasteiger partial charge in [-0.1, -0.05) is 67.7 Å². The van der Waals surface area contributed by atoms with Gasteiger partial charge in [0.05, 0.1) is 19.3 Å². The Balaban J connectivity index is 3.18. The fourth-order valence-corrected chi connectivity index (χ4v) is 7.84. The van der Waals surface area contributed by atoms with E-state index in [9.17, 15) is 9.59 Å². The molecule has 0 heterocycles. The van der Waals surface area contributed by atoms with Crippen molar-refractivity contribution in [1.29, 1.82) is 0 Å². The van der Waals surface area contributed by atoms with Gasteiger partial charge in [-0.3, -0.25) is 4.79 Å². The number of unbranched alkanes of at least 4 members (excludes halogenated alkanes) is 2. The molecule has 0 bridgehead atoms. The van der Waals surface area contributed by atoms with E-state index in [2.05, 4.69) is 74.7 Å². The van der Waals surface area contributed by atoms with Crippen molar-refractivity contribution in [2.75, 3.05) is 7.11 Å². The predicted molar refractivity (Wildman–Crippen MR) is 155 cm³/mol. The second-order valence-corrected chi connectivity index (χ2v) is 23.7. The van der Waals surface area contributed by atoms with Crippen LogP contribution in [0.15, 0.2) is 0 Å². The number of hydrogen-bond donors (Lipinski definition) is 0. The van der Waals surface area contributed by atoms with Crippen molar-refractivity contribution in [2.24, 2.45) is 17.8 Å². The molecule has 1 saturated carbocycles. The van der Waals surface area contributed by atoms with Gasteiger partial charge in [0.1, 0.15) is 6.29 Å². The first kappa shape index (κ1) is 33.5. The summed E-state index contributed by atoms with van der Waals surface area (Å²) in [4.78, 5) is 22.9. The zero-order valence-corrected chi connectivity index (χ0v) is 27.7. The molecule has 5 unspecified atom stereocenters. The third-order valence-electron chi connectivity index (χ3n) is 9.41. The highest BCUT2D eigenvalue weighted by Crippen LogP contribution is 2.50. The Labute approximate surface area is 225 Å². The van der Waals surface area contributed by atoms with Gasteiger partial charge in [0, 0.05) is 12.8 Å². The molecule has 212 valence electrons. The van der Waals surface area contributed by atoms with Gasteiger partial charge in [-0.25, -0.2) is 0 Å². The second-order valence-electron chi connectivity index (χ2n) is 14.2. The Morgan fingerprint density at radius 3 is 1.92 bits per heavy atom. The van der Waals surface area contributed by atoms with E-state index in [1.54, 1.807) is 0 Å². The summed E-state index contributed by atoms with van der Waals surface area (Å²) in [7, 11) is -2.48. The number of hydrogen-bond acceptors (Lipinski definition) is 5. The fraction of sp³-hybridized carbons (Fsp3) is 0.931. The molecule has 0 amide bonds. The van der Waals surface area contributed by atoms with Crippen LogP contribution in [0.1, 0.15) is 99.8 Å². The number of rotatable bonds is 14. The molecule has 0 aromatic carbocycles. The maximum Gasteiger partial charge on any atom is 0.305 e. The summed E-state index contributed by atoms with van der Waals surface area (Å²) < 4.78 is 19.0. The molecule has 0 saturated heterocycles. The first-order valence-corrected chi connectivity index (χ1v) is 20.1. The maximum absolute atomic E-state index is 11.5. The molecule has 0 radical (unpaired) electrons. The molecule has 0 N–H and O–H groups in total. The minimum Gasteiger partial charge on any atom is -0.469 e. The Kier molecular flexibility index (Phi) is 12.6. The summed E-state index contributed by atoms with van der Waals surface area (Å²) in [5.41, 5.74) is 0.